The Balaban J connectivity index is 1.91. The summed E-state index contributed by atoms with van der Waals surface area (Å²) in [6.45, 7) is -0.0864. The molecule has 27 heavy (non-hydrogen) atoms. The lowest BCUT2D eigenvalue weighted by Crippen LogP contribution is -2.39. The van der Waals surface area contributed by atoms with Gasteiger partial charge in [-0.25, -0.2) is 22.3 Å². The first-order chi connectivity index (χ1) is 12.7. The molecule has 6 nitrogen and oxygen atoms in total. The van der Waals surface area contributed by atoms with Crippen LogP contribution in [-0.4, -0.2) is 44.9 Å². The van der Waals surface area contributed by atoms with Gasteiger partial charge in [0.05, 0.1) is 14.9 Å². The van der Waals surface area contributed by atoms with Crippen molar-refractivity contribution in [2.45, 2.75) is 49.2 Å². The first-order valence-electron chi connectivity index (χ1n) is 8.61. The molecule has 0 radical (unpaired) electrons. The van der Waals surface area contributed by atoms with Gasteiger partial charge in [-0.15, -0.1) is 0 Å². The van der Waals surface area contributed by atoms with Crippen molar-refractivity contribution in [3.63, 3.8) is 0 Å². The third kappa shape index (κ3) is 6.57. The molecule has 0 bridgehead atoms. The SMILES string of the molecule is O=C(O)COCCCC[C@H]1[C@H](F)CC[C@@H]1NS(=O)(=O)c1ccc(Cl)c(Cl)c1. The average Bonchev–Trinajstić information content (AvgIpc) is 2.92. The van der Waals surface area contributed by atoms with Crippen LogP contribution in [-0.2, 0) is 19.6 Å². The number of sulfonamides is 1. The summed E-state index contributed by atoms with van der Waals surface area (Å²) in [4.78, 5) is 10.3. The summed E-state index contributed by atoms with van der Waals surface area (Å²) in [5.41, 5.74) is 0. The summed E-state index contributed by atoms with van der Waals surface area (Å²) in [6, 6.07) is 3.52. The average molecular weight is 442 g/mol. The molecule has 0 saturated heterocycles. The lowest BCUT2D eigenvalue weighted by Gasteiger charge is -2.22. The summed E-state index contributed by atoms with van der Waals surface area (Å²) in [5, 5.41) is 8.88. The van der Waals surface area contributed by atoms with Gasteiger partial charge in [0.25, 0.3) is 0 Å². The summed E-state index contributed by atoms with van der Waals surface area (Å²) < 4.78 is 46.9. The van der Waals surface area contributed by atoms with Crippen LogP contribution in [0.4, 0.5) is 4.39 Å². The number of ether oxygens (including phenoxy) is 1. The highest BCUT2D eigenvalue weighted by molar-refractivity contribution is 7.89. The first kappa shape index (κ1) is 22.4. The van der Waals surface area contributed by atoms with Crippen molar-refractivity contribution in [2.75, 3.05) is 13.2 Å². The molecule has 152 valence electrons. The van der Waals surface area contributed by atoms with Gasteiger partial charge in [0.1, 0.15) is 12.8 Å². The number of hydrogen-bond donors (Lipinski definition) is 2. The lowest BCUT2D eigenvalue weighted by molar-refractivity contribution is -0.142. The maximum absolute atomic E-state index is 14.2. The summed E-state index contributed by atoms with van der Waals surface area (Å²) in [7, 11) is -3.84. The van der Waals surface area contributed by atoms with Gasteiger partial charge < -0.3 is 9.84 Å². The summed E-state index contributed by atoms with van der Waals surface area (Å²) >= 11 is 11.7. The minimum absolute atomic E-state index is 0.0139. The van der Waals surface area contributed by atoms with Gasteiger partial charge in [0, 0.05) is 18.6 Å². The van der Waals surface area contributed by atoms with E-state index in [1.807, 2.05) is 0 Å². The molecular formula is C17H22Cl2FNO5S. The molecular weight excluding hydrogens is 420 g/mol. The van der Waals surface area contributed by atoms with E-state index in [0.717, 1.165) is 0 Å². The van der Waals surface area contributed by atoms with Crippen molar-refractivity contribution in [1.29, 1.82) is 0 Å². The number of rotatable bonds is 10. The Bertz CT molecular complexity index is 762. The smallest absolute Gasteiger partial charge is 0.329 e. The van der Waals surface area contributed by atoms with E-state index >= 15 is 0 Å². The first-order valence-corrected chi connectivity index (χ1v) is 10.9. The molecule has 1 aliphatic carbocycles. The van der Waals surface area contributed by atoms with E-state index in [4.69, 9.17) is 33.0 Å². The van der Waals surface area contributed by atoms with Crippen LogP contribution >= 0.6 is 23.2 Å². The van der Waals surface area contributed by atoms with Crippen LogP contribution in [0.2, 0.25) is 10.0 Å². The molecule has 0 spiro atoms. The zero-order valence-electron chi connectivity index (χ0n) is 14.5. The molecule has 1 aliphatic rings. The van der Waals surface area contributed by atoms with Crippen molar-refractivity contribution in [3.8, 4) is 0 Å². The van der Waals surface area contributed by atoms with Crippen molar-refractivity contribution < 1.29 is 27.4 Å². The number of hydrogen-bond acceptors (Lipinski definition) is 4. The molecule has 3 atom stereocenters. The third-order valence-electron chi connectivity index (χ3n) is 4.54. The van der Waals surface area contributed by atoms with Gasteiger partial charge in [-0.1, -0.05) is 29.6 Å². The van der Waals surface area contributed by atoms with Crippen molar-refractivity contribution >= 4 is 39.2 Å². The Morgan fingerprint density at radius 3 is 2.67 bits per heavy atom. The van der Waals surface area contributed by atoms with Crippen LogP contribution in [0.5, 0.6) is 0 Å². The van der Waals surface area contributed by atoms with Crippen molar-refractivity contribution in [2.24, 2.45) is 5.92 Å². The Morgan fingerprint density at radius 1 is 1.26 bits per heavy atom. The molecule has 0 aromatic heterocycles. The van der Waals surface area contributed by atoms with E-state index in [2.05, 4.69) is 4.72 Å². The Kier molecular flexibility index (Phi) is 8.30. The molecule has 2 rings (SSSR count). The maximum Gasteiger partial charge on any atom is 0.329 e. The normalized spacial score (nSPS) is 22.9. The van der Waals surface area contributed by atoms with E-state index < -0.39 is 34.1 Å². The molecule has 0 aliphatic heterocycles. The number of carbonyl (C=O) groups is 1. The Hall–Kier alpha value is -0.930. The molecule has 10 heteroatoms. The number of benzene rings is 1. The molecule has 0 amide bonds. The molecule has 0 heterocycles. The molecule has 1 aromatic carbocycles. The zero-order chi connectivity index (χ0) is 20.0. The minimum Gasteiger partial charge on any atom is -0.480 e. The van der Waals surface area contributed by atoms with E-state index in [1.165, 1.54) is 18.2 Å². The standard InChI is InChI=1S/C17H22Cl2FNO5S/c18-13-5-4-11(9-14(13)19)27(24,25)21-16-7-6-15(20)12(16)3-1-2-8-26-10-17(22)23/h4-5,9,12,15-16,21H,1-3,6-8,10H2,(H,22,23)/t12-,15+,16-/m0/s1. The fourth-order valence-electron chi connectivity index (χ4n) is 3.20. The van der Waals surface area contributed by atoms with Crippen LogP contribution in [0.3, 0.4) is 0 Å². The van der Waals surface area contributed by atoms with Gasteiger partial charge in [-0.05, 0) is 43.9 Å². The third-order valence-corrected chi connectivity index (χ3v) is 6.77. The molecule has 0 unspecified atom stereocenters. The van der Waals surface area contributed by atoms with Crippen LogP contribution < -0.4 is 4.72 Å². The number of unbranched alkanes of at least 4 members (excludes halogenated alkanes) is 1. The predicted octanol–water partition coefficient (Wildman–Crippen LogP) is 3.66. The number of nitrogens with one attached hydrogen (secondary N) is 1. The van der Waals surface area contributed by atoms with E-state index in [1.54, 1.807) is 0 Å². The monoisotopic (exact) mass is 441 g/mol. The Labute approximate surface area is 168 Å². The topological polar surface area (TPSA) is 92.7 Å². The minimum atomic E-state index is -3.84. The largest absolute Gasteiger partial charge is 0.480 e. The van der Waals surface area contributed by atoms with Gasteiger partial charge in [-0.2, -0.15) is 0 Å². The highest BCUT2D eigenvalue weighted by Crippen LogP contribution is 2.34. The maximum atomic E-state index is 14.2. The molecule has 1 fully saturated rings. The van der Waals surface area contributed by atoms with Crippen molar-refractivity contribution in [1.82, 2.24) is 4.72 Å². The second-order valence-corrected chi connectivity index (χ2v) is 9.03. The number of carboxylic acids is 1. The molecule has 1 saturated carbocycles. The number of aliphatic carboxylic acids is 1. The van der Waals surface area contributed by atoms with Gasteiger partial charge in [-0.3, -0.25) is 0 Å². The van der Waals surface area contributed by atoms with Crippen LogP contribution in [0, 0.1) is 5.92 Å². The second kappa shape index (κ2) is 10.0. The molecule has 2 N–H and O–H groups in total. The fraction of sp³-hybridized carbons (Fsp3) is 0.588. The van der Waals surface area contributed by atoms with Crippen LogP contribution in [0.15, 0.2) is 23.1 Å². The quantitative estimate of drug-likeness (QED) is 0.540. The molecule has 1 aromatic rings. The Morgan fingerprint density at radius 2 is 2.00 bits per heavy atom. The highest BCUT2D eigenvalue weighted by atomic mass is 35.5. The summed E-state index contributed by atoms with van der Waals surface area (Å²) in [6.07, 6.45) is 1.34. The van der Waals surface area contributed by atoms with Crippen LogP contribution in [0.25, 0.3) is 0 Å². The van der Waals surface area contributed by atoms with Gasteiger partial charge >= 0.3 is 5.97 Å². The van der Waals surface area contributed by atoms with E-state index in [9.17, 15) is 17.6 Å². The van der Waals surface area contributed by atoms with Gasteiger partial charge in [0.2, 0.25) is 10.0 Å². The lowest BCUT2D eigenvalue weighted by atomic mass is 9.96. The fourth-order valence-corrected chi connectivity index (χ4v) is 4.91. The number of alkyl halides is 1. The highest BCUT2D eigenvalue weighted by Gasteiger charge is 2.38. The number of carboxylic acid groups (broad SMARTS) is 1. The summed E-state index contributed by atoms with van der Waals surface area (Å²) in [5.74, 6) is -1.46. The second-order valence-electron chi connectivity index (χ2n) is 6.50. The van der Waals surface area contributed by atoms with Crippen LogP contribution in [0.1, 0.15) is 32.1 Å². The van der Waals surface area contributed by atoms with Gasteiger partial charge in [0.15, 0.2) is 0 Å². The van der Waals surface area contributed by atoms with E-state index in [0.29, 0.717) is 32.1 Å². The zero-order valence-corrected chi connectivity index (χ0v) is 16.9. The number of halogens is 3. The van der Waals surface area contributed by atoms with Crippen molar-refractivity contribution in [3.05, 3.63) is 28.2 Å². The predicted molar refractivity (Wildman–Crippen MR) is 100 cm³/mol. The van der Waals surface area contributed by atoms with E-state index in [-0.39, 0.29) is 28.2 Å².